The summed E-state index contributed by atoms with van der Waals surface area (Å²) in [4.78, 5) is 13.6. The van der Waals surface area contributed by atoms with Crippen LogP contribution in [0.4, 0.5) is 0 Å². The molecule has 0 spiro atoms. The predicted molar refractivity (Wildman–Crippen MR) is 88.7 cm³/mol. The lowest BCUT2D eigenvalue weighted by atomic mass is 10.0. The predicted octanol–water partition coefficient (Wildman–Crippen LogP) is 3.93. The maximum absolute atomic E-state index is 12.5. The number of carbonyl (C=O) groups is 1. The number of fused-ring (bicyclic) bond motifs is 1. The van der Waals surface area contributed by atoms with Crippen molar-refractivity contribution in [2.45, 2.75) is 4.90 Å². The summed E-state index contributed by atoms with van der Waals surface area (Å²) in [5.74, 6) is 0.800. The highest BCUT2D eigenvalue weighted by Gasteiger charge is 2.18. The van der Waals surface area contributed by atoms with Crippen LogP contribution in [0.5, 0.6) is 11.5 Å². The number of ether oxygens (including phenoxy) is 2. The summed E-state index contributed by atoms with van der Waals surface area (Å²) in [6, 6.07) is 14.6. The Morgan fingerprint density at radius 3 is 2.61 bits per heavy atom. The molecule has 4 nitrogen and oxygen atoms in total. The van der Waals surface area contributed by atoms with Gasteiger partial charge in [-0.15, -0.1) is 11.8 Å². The molecule has 23 heavy (non-hydrogen) atoms. The molecule has 0 aromatic heterocycles. The van der Waals surface area contributed by atoms with Crippen molar-refractivity contribution in [1.29, 1.82) is 5.26 Å². The summed E-state index contributed by atoms with van der Waals surface area (Å²) in [5, 5.41) is 9.31. The largest absolute Gasteiger partial charge is 0.454 e. The SMILES string of the molecule is CSc1ccc(C=C(C#N)C(=O)c2ccc3c(c2)OCO3)cc1. The molecule has 0 radical (unpaired) electrons. The van der Waals surface area contributed by atoms with Crippen molar-refractivity contribution in [2.75, 3.05) is 13.0 Å². The van der Waals surface area contributed by atoms with E-state index in [1.807, 2.05) is 36.6 Å². The van der Waals surface area contributed by atoms with E-state index < -0.39 is 0 Å². The van der Waals surface area contributed by atoms with Crippen molar-refractivity contribution in [2.24, 2.45) is 0 Å². The minimum atomic E-state index is -0.334. The van der Waals surface area contributed by atoms with E-state index in [0.29, 0.717) is 17.1 Å². The number of benzene rings is 2. The lowest BCUT2D eigenvalue weighted by Crippen LogP contribution is -2.01. The average Bonchev–Trinajstić information content (AvgIpc) is 3.07. The van der Waals surface area contributed by atoms with Gasteiger partial charge in [0.25, 0.3) is 0 Å². The van der Waals surface area contributed by atoms with Gasteiger partial charge in [0, 0.05) is 10.5 Å². The summed E-state index contributed by atoms with van der Waals surface area (Å²) in [6.45, 7) is 0.149. The molecule has 1 heterocycles. The van der Waals surface area contributed by atoms with Crippen LogP contribution in [-0.4, -0.2) is 18.8 Å². The molecule has 3 rings (SSSR count). The molecule has 0 unspecified atom stereocenters. The van der Waals surface area contributed by atoms with Crippen molar-refractivity contribution in [3.05, 3.63) is 59.2 Å². The van der Waals surface area contributed by atoms with Crippen LogP contribution in [0.1, 0.15) is 15.9 Å². The summed E-state index contributed by atoms with van der Waals surface area (Å²) < 4.78 is 10.5. The number of allylic oxidation sites excluding steroid dienone is 1. The Bertz CT molecular complexity index is 819. The van der Waals surface area contributed by atoms with Gasteiger partial charge in [-0.25, -0.2) is 0 Å². The molecule has 1 aliphatic heterocycles. The van der Waals surface area contributed by atoms with E-state index >= 15 is 0 Å². The minimum Gasteiger partial charge on any atom is -0.454 e. The fourth-order valence-corrected chi connectivity index (χ4v) is 2.62. The van der Waals surface area contributed by atoms with Crippen molar-refractivity contribution >= 4 is 23.6 Å². The van der Waals surface area contributed by atoms with Gasteiger partial charge in [0.05, 0.1) is 0 Å². The van der Waals surface area contributed by atoms with Gasteiger partial charge in [0.15, 0.2) is 11.5 Å². The molecule has 0 saturated heterocycles. The molecule has 0 N–H and O–H groups in total. The van der Waals surface area contributed by atoms with Crippen LogP contribution in [0.15, 0.2) is 52.9 Å². The van der Waals surface area contributed by atoms with E-state index in [9.17, 15) is 10.1 Å². The van der Waals surface area contributed by atoms with Crippen molar-refractivity contribution in [3.63, 3.8) is 0 Å². The van der Waals surface area contributed by atoms with Gasteiger partial charge in [0.2, 0.25) is 12.6 Å². The van der Waals surface area contributed by atoms with Gasteiger partial charge < -0.3 is 9.47 Å². The number of carbonyl (C=O) groups excluding carboxylic acids is 1. The Morgan fingerprint density at radius 1 is 1.17 bits per heavy atom. The number of rotatable bonds is 4. The zero-order valence-electron chi connectivity index (χ0n) is 12.4. The number of hydrogen-bond donors (Lipinski definition) is 0. The van der Waals surface area contributed by atoms with Gasteiger partial charge in [-0.3, -0.25) is 4.79 Å². The quantitative estimate of drug-likeness (QED) is 0.369. The number of Topliss-reactive ketones (excluding diaryl/α,β-unsaturated/α-hetero) is 1. The number of nitrogens with zero attached hydrogens (tertiary/aromatic N) is 1. The molecule has 2 aromatic rings. The van der Waals surface area contributed by atoms with Gasteiger partial charge >= 0.3 is 0 Å². The van der Waals surface area contributed by atoms with Crippen molar-refractivity contribution in [1.82, 2.24) is 0 Å². The molecule has 0 bridgehead atoms. The molecule has 0 atom stereocenters. The Morgan fingerprint density at radius 2 is 1.91 bits per heavy atom. The molecular weight excluding hydrogens is 310 g/mol. The van der Waals surface area contributed by atoms with E-state index in [1.165, 1.54) is 0 Å². The second-order valence-corrected chi connectivity index (χ2v) is 5.72. The first-order valence-corrected chi connectivity index (χ1v) is 8.14. The van der Waals surface area contributed by atoms with Crippen LogP contribution in [0.25, 0.3) is 6.08 Å². The Kier molecular flexibility index (Phi) is 4.35. The third-order valence-corrected chi connectivity index (χ3v) is 4.17. The first kappa shape index (κ1) is 15.2. The monoisotopic (exact) mass is 323 g/mol. The van der Waals surface area contributed by atoms with E-state index in [0.717, 1.165) is 10.5 Å². The average molecular weight is 323 g/mol. The zero-order valence-corrected chi connectivity index (χ0v) is 13.2. The standard InChI is InChI=1S/C18H13NO3S/c1-23-15-5-2-12(3-6-15)8-14(10-19)18(20)13-4-7-16-17(9-13)22-11-21-16/h2-9H,11H2,1H3. The Balaban J connectivity index is 1.89. The highest BCUT2D eigenvalue weighted by molar-refractivity contribution is 7.98. The number of hydrogen-bond acceptors (Lipinski definition) is 5. The Hall–Kier alpha value is -2.71. The van der Waals surface area contributed by atoms with Crippen molar-refractivity contribution < 1.29 is 14.3 Å². The summed E-state index contributed by atoms with van der Waals surface area (Å²) in [5.41, 5.74) is 1.30. The zero-order chi connectivity index (χ0) is 16.2. The highest BCUT2D eigenvalue weighted by Crippen LogP contribution is 2.33. The molecule has 0 aliphatic carbocycles. The number of thioether (sulfide) groups is 1. The molecule has 0 saturated carbocycles. The number of nitriles is 1. The fraction of sp³-hybridized carbons (Fsp3) is 0.111. The molecule has 0 fully saturated rings. The highest BCUT2D eigenvalue weighted by atomic mass is 32.2. The van der Waals surface area contributed by atoms with Gasteiger partial charge in [-0.2, -0.15) is 5.26 Å². The minimum absolute atomic E-state index is 0.0840. The first-order chi connectivity index (χ1) is 11.2. The maximum atomic E-state index is 12.5. The third kappa shape index (κ3) is 3.22. The maximum Gasteiger partial charge on any atom is 0.231 e. The summed E-state index contributed by atoms with van der Waals surface area (Å²) >= 11 is 1.64. The van der Waals surface area contributed by atoms with Gasteiger partial charge in [0.1, 0.15) is 11.6 Å². The summed E-state index contributed by atoms with van der Waals surface area (Å²) in [7, 11) is 0. The topological polar surface area (TPSA) is 59.3 Å². The second kappa shape index (κ2) is 6.59. The van der Waals surface area contributed by atoms with E-state index in [-0.39, 0.29) is 18.1 Å². The smallest absolute Gasteiger partial charge is 0.231 e. The van der Waals surface area contributed by atoms with Crippen LogP contribution < -0.4 is 9.47 Å². The van der Waals surface area contributed by atoms with Crippen LogP contribution in [0.2, 0.25) is 0 Å². The Labute approximate surface area is 138 Å². The van der Waals surface area contributed by atoms with Crippen molar-refractivity contribution in [3.8, 4) is 17.6 Å². The van der Waals surface area contributed by atoms with Crippen LogP contribution in [-0.2, 0) is 0 Å². The van der Waals surface area contributed by atoms with Crippen LogP contribution >= 0.6 is 11.8 Å². The van der Waals surface area contributed by atoms with Crippen LogP contribution in [0.3, 0.4) is 0 Å². The van der Waals surface area contributed by atoms with Crippen LogP contribution in [0, 0.1) is 11.3 Å². The lowest BCUT2D eigenvalue weighted by molar-refractivity contribution is 0.103. The lowest BCUT2D eigenvalue weighted by Gasteiger charge is -2.02. The van der Waals surface area contributed by atoms with E-state index in [4.69, 9.17) is 9.47 Å². The fourth-order valence-electron chi connectivity index (χ4n) is 2.21. The second-order valence-electron chi connectivity index (χ2n) is 4.84. The molecule has 114 valence electrons. The van der Waals surface area contributed by atoms with E-state index in [2.05, 4.69) is 0 Å². The third-order valence-electron chi connectivity index (χ3n) is 3.43. The molecule has 5 heteroatoms. The molecule has 1 aliphatic rings. The number of ketones is 1. The normalized spacial score (nSPS) is 12.8. The summed E-state index contributed by atoms with van der Waals surface area (Å²) in [6.07, 6.45) is 3.59. The van der Waals surface area contributed by atoms with Gasteiger partial charge in [-0.05, 0) is 48.2 Å². The van der Waals surface area contributed by atoms with E-state index in [1.54, 1.807) is 36.0 Å². The first-order valence-electron chi connectivity index (χ1n) is 6.91. The molecule has 0 amide bonds. The molecular formula is C18H13NO3S. The van der Waals surface area contributed by atoms with Gasteiger partial charge in [-0.1, -0.05) is 12.1 Å². The molecule has 2 aromatic carbocycles.